The fraction of sp³-hybridized carbons (Fsp3) is 0.750. The molecule has 0 saturated heterocycles. The van der Waals surface area contributed by atoms with Crippen molar-refractivity contribution in [3.8, 4) is 0 Å². The second-order valence-corrected chi connectivity index (χ2v) is 4.85. The van der Waals surface area contributed by atoms with E-state index in [0.29, 0.717) is 18.3 Å². The fourth-order valence-corrected chi connectivity index (χ4v) is 2.41. The molecule has 1 aliphatic carbocycles. The number of rotatable bonds is 3. The third kappa shape index (κ3) is 1.84. The van der Waals surface area contributed by atoms with E-state index in [1.54, 1.807) is 0 Å². The molecule has 0 aromatic heterocycles. The maximum absolute atomic E-state index is 10.5. The number of aldehydes is 1. The Morgan fingerprint density at radius 1 is 1.69 bits per heavy atom. The first-order chi connectivity index (χ1) is 6.01. The summed E-state index contributed by atoms with van der Waals surface area (Å²) in [5.74, 6) is 1.30. The third-order valence-corrected chi connectivity index (χ3v) is 3.57. The predicted octanol–water partition coefficient (Wildman–Crippen LogP) is 3.20. The van der Waals surface area contributed by atoms with Gasteiger partial charge in [0, 0.05) is 6.42 Å². The molecule has 1 rings (SSSR count). The Kier molecular flexibility index (Phi) is 2.94. The molecule has 1 heteroatoms. The second-order valence-electron chi connectivity index (χ2n) is 4.85. The molecule has 1 saturated carbocycles. The summed E-state index contributed by atoms with van der Waals surface area (Å²) in [5, 5.41) is 0. The van der Waals surface area contributed by atoms with Crippen molar-refractivity contribution in [1.82, 2.24) is 0 Å². The molecular formula is C12H20O. The summed E-state index contributed by atoms with van der Waals surface area (Å²) in [6.45, 7) is 10.8. The van der Waals surface area contributed by atoms with E-state index in [1.165, 1.54) is 12.0 Å². The molecular weight excluding hydrogens is 160 g/mol. The molecule has 1 nitrogen and oxygen atoms in total. The topological polar surface area (TPSA) is 17.1 Å². The summed E-state index contributed by atoms with van der Waals surface area (Å²) >= 11 is 0. The lowest BCUT2D eigenvalue weighted by Crippen LogP contribution is -2.17. The van der Waals surface area contributed by atoms with Crippen LogP contribution in [0.1, 0.15) is 40.0 Å². The zero-order valence-corrected chi connectivity index (χ0v) is 8.97. The highest BCUT2D eigenvalue weighted by Gasteiger charge is 2.39. The number of hydrogen-bond donors (Lipinski definition) is 0. The van der Waals surface area contributed by atoms with E-state index in [0.717, 1.165) is 12.7 Å². The van der Waals surface area contributed by atoms with Crippen molar-refractivity contribution < 1.29 is 4.79 Å². The molecule has 1 fully saturated rings. The largest absolute Gasteiger partial charge is 0.303 e. The molecule has 0 amide bonds. The van der Waals surface area contributed by atoms with Crippen LogP contribution in [0.3, 0.4) is 0 Å². The van der Waals surface area contributed by atoms with Crippen molar-refractivity contribution in [2.75, 3.05) is 0 Å². The van der Waals surface area contributed by atoms with Gasteiger partial charge in [0.1, 0.15) is 6.29 Å². The minimum absolute atomic E-state index is 0.0939. The van der Waals surface area contributed by atoms with E-state index in [1.807, 2.05) is 0 Å². The lowest BCUT2D eigenvalue weighted by atomic mass is 9.79. The van der Waals surface area contributed by atoms with Gasteiger partial charge in [-0.05, 0) is 30.1 Å². The van der Waals surface area contributed by atoms with Crippen molar-refractivity contribution in [2.24, 2.45) is 17.3 Å². The predicted molar refractivity (Wildman–Crippen MR) is 55.5 cm³/mol. The van der Waals surface area contributed by atoms with Gasteiger partial charge in [0.05, 0.1) is 0 Å². The van der Waals surface area contributed by atoms with E-state index < -0.39 is 0 Å². The quantitative estimate of drug-likeness (QED) is 0.481. The van der Waals surface area contributed by atoms with E-state index in [9.17, 15) is 4.79 Å². The highest BCUT2D eigenvalue weighted by atomic mass is 16.1. The van der Waals surface area contributed by atoms with Crippen molar-refractivity contribution in [1.29, 1.82) is 0 Å². The van der Waals surface area contributed by atoms with Crippen LogP contribution in [0.15, 0.2) is 12.2 Å². The van der Waals surface area contributed by atoms with Gasteiger partial charge in [-0.2, -0.15) is 0 Å². The van der Waals surface area contributed by atoms with Gasteiger partial charge >= 0.3 is 0 Å². The Morgan fingerprint density at radius 2 is 2.31 bits per heavy atom. The molecule has 0 N–H and O–H groups in total. The van der Waals surface area contributed by atoms with Gasteiger partial charge in [-0.15, -0.1) is 0 Å². The van der Waals surface area contributed by atoms with Crippen LogP contribution in [0.4, 0.5) is 0 Å². The van der Waals surface area contributed by atoms with Crippen LogP contribution in [0.5, 0.6) is 0 Å². The molecule has 0 aliphatic heterocycles. The molecule has 74 valence electrons. The molecule has 1 aliphatic rings. The van der Waals surface area contributed by atoms with Gasteiger partial charge in [0.15, 0.2) is 0 Å². The van der Waals surface area contributed by atoms with Gasteiger partial charge in [-0.25, -0.2) is 0 Å². The number of allylic oxidation sites excluding steroid dienone is 1. The molecule has 0 spiro atoms. The first kappa shape index (κ1) is 10.5. The molecule has 0 aromatic carbocycles. The standard InChI is InChI=1S/C12H20O/c1-9(2)11-5-6-12(4,7-8-13)10(11)3/h8-9,11H,3,5-7H2,1-2,4H3/t11-,12?/m0/s1. The summed E-state index contributed by atoms with van der Waals surface area (Å²) in [6.07, 6.45) is 4.03. The Balaban J connectivity index is 2.74. The van der Waals surface area contributed by atoms with Crippen LogP contribution >= 0.6 is 0 Å². The number of carbonyl (C=O) groups excluding carboxylic acids is 1. The van der Waals surface area contributed by atoms with Crippen molar-refractivity contribution in [2.45, 2.75) is 40.0 Å². The molecule has 13 heavy (non-hydrogen) atoms. The molecule has 2 atom stereocenters. The van der Waals surface area contributed by atoms with Crippen molar-refractivity contribution in [3.63, 3.8) is 0 Å². The third-order valence-electron chi connectivity index (χ3n) is 3.57. The average molecular weight is 180 g/mol. The highest BCUT2D eigenvalue weighted by Crippen LogP contribution is 2.49. The van der Waals surface area contributed by atoms with Crippen LogP contribution in [0, 0.1) is 17.3 Å². The first-order valence-electron chi connectivity index (χ1n) is 5.14. The first-order valence-corrected chi connectivity index (χ1v) is 5.14. The number of hydrogen-bond acceptors (Lipinski definition) is 1. The molecule has 0 aromatic rings. The normalized spacial score (nSPS) is 34.2. The van der Waals surface area contributed by atoms with E-state index in [2.05, 4.69) is 27.4 Å². The Morgan fingerprint density at radius 3 is 2.69 bits per heavy atom. The molecule has 1 unspecified atom stereocenters. The lowest BCUT2D eigenvalue weighted by Gasteiger charge is -2.26. The van der Waals surface area contributed by atoms with Crippen molar-refractivity contribution >= 4 is 6.29 Å². The fourth-order valence-electron chi connectivity index (χ4n) is 2.41. The van der Waals surface area contributed by atoms with Crippen LogP contribution < -0.4 is 0 Å². The zero-order chi connectivity index (χ0) is 10.1. The Labute approximate surface area is 81.2 Å². The smallest absolute Gasteiger partial charge is 0.120 e. The van der Waals surface area contributed by atoms with Crippen LogP contribution in [0.25, 0.3) is 0 Å². The Hall–Kier alpha value is -0.590. The number of carbonyl (C=O) groups is 1. The average Bonchev–Trinajstić information content (AvgIpc) is 2.30. The minimum Gasteiger partial charge on any atom is -0.303 e. The highest BCUT2D eigenvalue weighted by molar-refractivity contribution is 5.52. The van der Waals surface area contributed by atoms with Gasteiger partial charge in [-0.1, -0.05) is 32.9 Å². The minimum atomic E-state index is 0.0939. The van der Waals surface area contributed by atoms with Gasteiger partial charge in [0.2, 0.25) is 0 Å². The molecule has 0 radical (unpaired) electrons. The second kappa shape index (κ2) is 3.65. The molecule has 0 heterocycles. The van der Waals surface area contributed by atoms with Crippen LogP contribution in [-0.4, -0.2) is 6.29 Å². The van der Waals surface area contributed by atoms with Crippen LogP contribution in [-0.2, 0) is 4.79 Å². The van der Waals surface area contributed by atoms with E-state index in [-0.39, 0.29) is 5.41 Å². The van der Waals surface area contributed by atoms with E-state index >= 15 is 0 Å². The summed E-state index contributed by atoms with van der Waals surface area (Å²) in [6, 6.07) is 0. The van der Waals surface area contributed by atoms with Crippen molar-refractivity contribution in [3.05, 3.63) is 12.2 Å². The summed E-state index contributed by atoms with van der Waals surface area (Å²) in [4.78, 5) is 10.5. The lowest BCUT2D eigenvalue weighted by molar-refractivity contribution is -0.109. The van der Waals surface area contributed by atoms with Gasteiger partial charge in [0.25, 0.3) is 0 Å². The summed E-state index contributed by atoms with van der Waals surface area (Å²) in [7, 11) is 0. The summed E-state index contributed by atoms with van der Waals surface area (Å²) < 4.78 is 0. The zero-order valence-electron chi connectivity index (χ0n) is 8.97. The summed E-state index contributed by atoms with van der Waals surface area (Å²) in [5.41, 5.74) is 1.39. The SMILES string of the molecule is C=C1[C@H](C(C)C)CCC1(C)CC=O. The Bertz CT molecular complexity index is 217. The maximum atomic E-state index is 10.5. The van der Waals surface area contributed by atoms with Gasteiger partial charge < -0.3 is 4.79 Å². The monoisotopic (exact) mass is 180 g/mol. The maximum Gasteiger partial charge on any atom is 0.120 e. The van der Waals surface area contributed by atoms with Crippen LogP contribution in [0.2, 0.25) is 0 Å². The molecule has 0 bridgehead atoms. The van der Waals surface area contributed by atoms with E-state index in [4.69, 9.17) is 0 Å². The van der Waals surface area contributed by atoms with Gasteiger partial charge in [-0.3, -0.25) is 0 Å².